The van der Waals surface area contributed by atoms with Gasteiger partial charge in [0.25, 0.3) is 12.3 Å². The summed E-state index contributed by atoms with van der Waals surface area (Å²) >= 11 is 3.04. The van der Waals surface area contributed by atoms with E-state index in [4.69, 9.17) is 5.14 Å². The Hall–Kier alpha value is -1.06. The van der Waals surface area contributed by atoms with E-state index < -0.39 is 28.9 Å². The van der Waals surface area contributed by atoms with Crippen molar-refractivity contribution in [3.63, 3.8) is 0 Å². The van der Waals surface area contributed by atoms with Crippen LogP contribution in [0.4, 0.5) is 8.78 Å². The molecule has 5 nitrogen and oxygen atoms in total. The maximum absolute atomic E-state index is 12.0. The molecule has 9 heteroatoms. The third-order valence-electron chi connectivity index (χ3n) is 2.29. The lowest BCUT2D eigenvalue weighted by Crippen LogP contribution is -2.29. The average molecular weight is 357 g/mol. The number of halogens is 3. The first kappa shape index (κ1) is 16.0. The fraction of sp³-hybridized carbons (Fsp3) is 0.300. The summed E-state index contributed by atoms with van der Waals surface area (Å²) in [6, 6.07) is 2.58. The number of sulfonamides is 1. The van der Waals surface area contributed by atoms with Crippen LogP contribution in [0.25, 0.3) is 0 Å². The zero-order valence-corrected chi connectivity index (χ0v) is 12.2. The Morgan fingerprint density at radius 3 is 2.53 bits per heavy atom. The Morgan fingerprint density at radius 2 is 2.05 bits per heavy atom. The lowest BCUT2D eigenvalue weighted by atomic mass is 10.1. The van der Waals surface area contributed by atoms with Gasteiger partial charge in [-0.2, -0.15) is 0 Å². The number of carbonyl (C=O) groups is 1. The molecule has 0 fully saturated rings. The molecule has 19 heavy (non-hydrogen) atoms. The van der Waals surface area contributed by atoms with Gasteiger partial charge in [0, 0.05) is 10.0 Å². The molecule has 0 unspecified atom stereocenters. The molecule has 106 valence electrons. The number of amides is 1. The van der Waals surface area contributed by atoms with Crippen molar-refractivity contribution in [2.75, 3.05) is 6.54 Å². The van der Waals surface area contributed by atoms with E-state index in [0.717, 1.165) is 0 Å². The van der Waals surface area contributed by atoms with E-state index >= 15 is 0 Å². The monoisotopic (exact) mass is 356 g/mol. The van der Waals surface area contributed by atoms with Gasteiger partial charge >= 0.3 is 0 Å². The van der Waals surface area contributed by atoms with Gasteiger partial charge in [0.1, 0.15) is 0 Å². The van der Waals surface area contributed by atoms with Gasteiger partial charge in [-0.3, -0.25) is 4.79 Å². The second kappa shape index (κ2) is 5.93. The normalized spacial score (nSPS) is 11.7. The van der Waals surface area contributed by atoms with Crippen LogP contribution in [-0.2, 0) is 10.0 Å². The Balaban J connectivity index is 3.22. The van der Waals surface area contributed by atoms with Crippen molar-refractivity contribution in [3.8, 4) is 0 Å². The highest BCUT2D eigenvalue weighted by molar-refractivity contribution is 9.10. The molecule has 0 aliphatic heterocycles. The number of alkyl halides is 2. The summed E-state index contributed by atoms with van der Waals surface area (Å²) in [4.78, 5) is 11.5. The Kier molecular flexibility index (Phi) is 4.99. The highest BCUT2D eigenvalue weighted by Crippen LogP contribution is 2.24. The second-order valence-corrected chi connectivity index (χ2v) is 6.17. The molecule has 0 atom stereocenters. The molecule has 0 bridgehead atoms. The van der Waals surface area contributed by atoms with Crippen molar-refractivity contribution in [3.05, 3.63) is 27.7 Å². The molecule has 0 saturated carbocycles. The van der Waals surface area contributed by atoms with Crippen LogP contribution >= 0.6 is 15.9 Å². The predicted molar refractivity (Wildman–Crippen MR) is 68.6 cm³/mol. The number of nitrogens with one attached hydrogen (secondary N) is 1. The summed E-state index contributed by atoms with van der Waals surface area (Å²) in [5.74, 6) is -0.788. The zero-order valence-electron chi connectivity index (χ0n) is 9.78. The van der Waals surface area contributed by atoms with Gasteiger partial charge < -0.3 is 5.32 Å². The summed E-state index contributed by atoms with van der Waals surface area (Å²) in [5.41, 5.74) is 0.0801. The molecule has 0 radical (unpaired) electrons. The van der Waals surface area contributed by atoms with Gasteiger partial charge in [-0.05, 0) is 24.6 Å². The predicted octanol–water partition coefficient (Wildman–Crippen LogP) is 1.40. The van der Waals surface area contributed by atoms with Crippen molar-refractivity contribution in [2.24, 2.45) is 5.14 Å². The molecule has 0 saturated heterocycles. The number of hydrogen-bond acceptors (Lipinski definition) is 3. The van der Waals surface area contributed by atoms with Crippen LogP contribution in [0.1, 0.15) is 15.9 Å². The molecular formula is C10H11BrF2N2O3S. The molecule has 0 aromatic heterocycles. The van der Waals surface area contributed by atoms with E-state index in [1.807, 2.05) is 5.32 Å². The number of primary sulfonamides is 1. The Morgan fingerprint density at radius 1 is 1.47 bits per heavy atom. The fourth-order valence-electron chi connectivity index (χ4n) is 1.45. The quantitative estimate of drug-likeness (QED) is 0.854. The van der Waals surface area contributed by atoms with Gasteiger partial charge in [-0.15, -0.1) is 0 Å². The van der Waals surface area contributed by atoms with Gasteiger partial charge in [-0.25, -0.2) is 22.3 Å². The number of hydrogen-bond donors (Lipinski definition) is 2. The van der Waals surface area contributed by atoms with Crippen molar-refractivity contribution in [1.29, 1.82) is 0 Å². The number of rotatable bonds is 4. The summed E-state index contributed by atoms with van der Waals surface area (Å²) in [6.45, 7) is 0.568. The summed E-state index contributed by atoms with van der Waals surface area (Å²) in [6.07, 6.45) is -2.69. The Bertz CT molecular complexity index is 605. The Labute approximate surface area is 117 Å². The fourth-order valence-corrected chi connectivity index (χ4v) is 2.89. The van der Waals surface area contributed by atoms with Gasteiger partial charge in [0.05, 0.1) is 11.4 Å². The summed E-state index contributed by atoms with van der Waals surface area (Å²) < 4.78 is 47.1. The van der Waals surface area contributed by atoms with Crippen molar-refractivity contribution >= 4 is 31.9 Å². The second-order valence-electron chi connectivity index (χ2n) is 3.72. The minimum absolute atomic E-state index is 0.0287. The van der Waals surface area contributed by atoms with Gasteiger partial charge in [0.15, 0.2) is 0 Å². The minimum Gasteiger partial charge on any atom is -0.346 e. The van der Waals surface area contributed by atoms with E-state index in [9.17, 15) is 22.0 Å². The van der Waals surface area contributed by atoms with E-state index in [0.29, 0.717) is 4.47 Å². The van der Waals surface area contributed by atoms with Crippen LogP contribution in [0.15, 0.2) is 21.5 Å². The molecular weight excluding hydrogens is 346 g/mol. The van der Waals surface area contributed by atoms with Gasteiger partial charge in [-0.1, -0.05) is 15.9 Å². The van der Waals surface area contributed by atoms with Gasteiger partial charge in [0.2, 0.25) is 10.0 Å². The molecule has 0 aliphatic rings. The van der Waals surface area contributed by atoms with Crippen molar-refractivity contribution < 1.29 is 22.0 Å². The van der Waals surface area contributed by atoms with Crippen LogP contribution in [0.2, 0.25) is 0 Å². The molecule has 1 aromatic carbocycles. The lowest BCUT2D eigenvalue weighted by molar-refractivity contribution is 0.0891. The highest BCUT2D eigenvalue weighted by Gasteiger charge is 2.19. The summed E-state index contributed by atoms with van der Waals surface area (Å²) in [7, 11) is -4.00. The first-order valence-electron chi connectivity index (χ1n) is 5.02. The molecule has 0 aliphatic carbocycles. The van der Waals surface area contributed by atoms with Crippen LogP contribution in [0.3, 0.4) is 0 Å². The molecule has 1 aromatic rings. The molecule has 0 spiro atoms. The lowest BCUT2D eigenvalue weighted by Gasteiger charge is -2.11. The van der Waals surface area contributed by atoms with Crippen LogP contribution in [0.5, 0.6) is 0 Å². The zero-order chi connectivity index (χ0) is 14.8. The highest BCUT2D eigenvalue weighted by atomic mass is 79.9. The molecule has 3 N–H and O–H groups in total. The van der Waals surface area contributed by atoms with E-state index in [2.05, 4.69) is 15.9 Å². The average Bonchev–Trinajstić information content (AvgIpc) is 2.27. The number of nitrogens with two attached hydrogens (primary N) is 1. The van der Waals surface area contributed by atoms with Crippen molar-refractivity contribution in [2.45, 2.75) is 18.2 Å². The van der Waals surface area contributed by atoms with Crippen LogP contribution < -0.4 is 10.5 Å². The smallest absolute Gasteiger partial charge is 0.255 e. The largest absolute Gasteiger partial charge is 0.346 e. The number of benzene rings is 1. The van der Waals surface area contributed by atoms with E-state index in [1.165, 1.54) is 19.1 Å². The third kappa shape index (κ3) is 4.22. The first-order chi connectivity index (χ1) is 8.62. The topological polar surface area (TPSA) is 89.3 Å². The van der Waals surface area contributed by atoms with E-state index in [1.54, 1.807) is 0 Å². The van der Waals surface area contributed by atoms with Crippen LogP contribution in [0, 0.1) is 6.92 Å². The maximum atomic E-state index is 12.0. The van der Waals surface area contributed by atoms with Crippen molar-refractivity contribution in [1.82, 2.24) is 5.32 Å². The number of carbonyl (C=O) groups excluding carboxylic acids is 1. The molecule has 1 amide bonds. The molecule has 1 rings (SSSR count). The minimum atomic E-state index is -4.00. The summed E-state index contributed by atoms with van der Waals surface area (Å²) in [5, 5.41) is 7.02. The van der Waals surface area contributed by atoms with Crippen LogP contribution in [-0.4, -0.2) is 27.3 Å². The third-order valence-corrected chi connectivity index (χ3v) is 3.79. The standard InChI is InChI=1S/C10H11BrF2N2O3S/c1-5-7(10(16)15-4-9(12)13)2-6(11)3-8(5)19(14,17)18/h2-3,9H,4H2,1H3,(H,15,16)(H2,14,17,18). The van der Waals surface area contributed by atoms with E-state index in [-0.39, 0.29) is 16.0 Å². The first-order valence-corrected chi connectivity index (χ1v) is 7.36. The SMILES string of the molecule is Cc1c(C(=O)NCC(F)F)cc(Br)cc1S(N)(=O)=O. The molecule has 0 heterocycles. The maximum Gasteiger partial charge on any atom is 0.255 e.